The Labute approximate surface area is 135 Å². The highest BCUT2D eigenvalue weighted by molar-refractivity contribution is 5.73. The second-order valence-corrected chi connectivity index (χ2v) is 7.38. The smallest absolute Gasteiger partial charge is 0.416 e. The summed E-state index contributed by atoms with van der Waals surface area (Å²) in [7, 11) is 0. The van der Waals surface area contributed by atoms with E-state index in [2.05, 4.69) is 0 Å². The average molecular weight is 336 g/mol. The Morgan fingerprint density at radius 2 is 1.83 bits per heavy atom. The Morgan fingerprint density at radius 3 is 2.39 bits per heavy atom. The van der Waals surface area contributed by atoms with Crippen molar-refractivity contribution in [3.05, 3.63) is 0 Å². The van der Waals surface area contributed by atoms with E-state index >= 15 is 0 Å². The molecule has 0 aromatic heterocycles. The quantitative estimate of drug-likeness (QED) is 0.533. The summed E-state index contributed by atoms with van der Waals surface area (Å²) in [6.45, 7) is 1.16. The highest BCUT2D eigenvalue weighted by Gasteiger charge is 2.49. The largest absolute Gasteiger partial charge is 0.465 e. The molecular weight excluding hydrogens is 309 g/mol. The van der Waals surface area contributed by atoms with Crippen LogP contribution in [0.15, 0.2) is 0 Å². The van der Waals surface area contributed by atoms with Crippen LogP contribution in [-0.4, -0.2) is 29.5 Å². The van der Waals surface area contributed by atoms with Gasteiger partial charge in [0.15, 0.2) is 5.60 Å². The number of rotatable bonds is 8. The van der Waals surface area contributed by atoms with Crippen LogP contribution in [0.5, 0.6) is 0 Å². The molecule has 0 radical (unpaired) electrons. The van der Waals surface area contributed by atoms with Crippen LogP contribution in [0.2, 0.25) is 0 Å². The predicted molar refractivity (Wildman–Crippen MR) is 79.7 cm³/mol. The van der Waals surface area contributed by atoms with Crippen LogP contribution < -0.4 is 0 Å². The normalized spacial score (nSPS) is 29.5. The van der Waals surface area contributed by atoms with Gasteiger partial charge in [-0.15, -0.1) is 0 Å². The van der Waals surface area contributed by atoms with Gasteiger partial charge in [0.05, 0.1) is 12.5 Å². The molecule has 0 aromatic carbocycles. The Hall–Kier alpha value is -0.780. The summed E-state index contributed by atoms with van der Waals surface area (Å²) in [4.78, 5) is 12.0. The summed E-state index contributed by atoms with van der Waals surface area (Å²) >= 11 is 0. The van der Waals surface area contributed by atoms with E-state index in [4.69, 9.17) is 4.74 Å². The minimum absolute atomic E-state index is 0.0793. The lowest BCUT2D eigenvalue weighted by molar-refractivity contribution is -0.255. The molecule has 3 nitrogen and oxygen atoms in total. The Kier molecular flexibility index (Phi) is 5.98. The second kappa shape index (κ2) is 7.41. The molecule has 0 aromatic rings. The van der Waals surface area contributed by atoms with Gasteiger partial charge in [-0.1, -0.05) is 25.7 Å². The van der Waals surface area contributed by atoms with Crippen molar-refractivity contribution < 1.29 is 27.8 Å². The summed E-state index contributed by atoms with van der Waals surface area (Å²) in [5.74, 6) is 1.21. The zero-order chi connectivity index (χ0) is 17.1. The zero-order valence-corrected chi connectivity index (χ0v) is 13.7. The fourth-order valence-electron chi connectivity index (χ4n) is 3.88. The summed E-state index contributed by atoms with van der Waals surface area (Å²) in [5, 5.41) is 9.31. The van der Waals surface area contributed by atoms with Crippen LogP contribution in [0.1, 0.15) is 64.7 Å². The predicted octanol–water partition coefficient (Wildman–Crippen LogP) is 4.23. The third kappa shape index (κ3) is 4.85. The summed E-state index contributed by atoms with van der Waals surface area (Å²) < 4.78 is 42.7. The molecule has 0 aliphatic heterocycles. The number of esters is 1. The number of ether oxygens (including phenoxy) is 1. The number of aliphatic hydroxyl groups is 1. The summed E-state index contributed by atoms with van der Waals surface area (Å²) in [6, 6.07) is 0. The van der Waals surface area contributed by atoms with E-state index < -0.39 is 11.8 Å². The van der Waals surface area contributed by atoms with E-state index in [0.717, 1.165) is 19.8 Å². The standard InChI is InChI=1S/C17H27F3O3/c1-16(22,17(18,19)20)8-4-2-3-5-9-23-15(21)14-11-12-6-7-13(14)10-12/h12-14,22H,2-11H2,1H3. The van der Waals surface area contributed by atoms with E-state index in [1.54, 1.807) is 0 Å². The number of alkyl halides is 3. The van der Waals surface area contributed by atoms with Crippen molar-refractivity contribution in [1.29, 1.82) is 0 Å². The van der Waals surface area contributed by atoms with Gasteiger partial charge in [0.1, 0.15) is 0 Å². The molecule has 0 spiro atoms. The molecule has 1 N–H and O–H groups in total. The second-order valence-electron chi connectivity index (χ2n) is 7.38. The van der Waals surface area contributed by atoms with Crippen molar-refractivity contribution in [3.63, 3.8) is 0 Å². The van der Waals surface area contributed by atoms with Gasteiger partial charge in [-0.05, 0) is 50.9 Å². The average Bonchev–Trinajstić information content (AvgIpc) is 3.07. The van der Waals surface area contributed by atoms with Crippen LogP contribution in [0.25, 0.3) is 0 Å². The fraction of sp³-hybridized carbons (Fsp3) is 0.941. The lowest BCUT2D eigenvalue weighted by Gasteiger charge is -2.26. The van der Waals surface area contributed by atoms with Crippen LogP contribution in [0, 0.1) is 17.8 Å². The molecule has 2 fully saturated rings. The first-order valence-electron chi connectivity index (χ1n) is 8.66. The summed E-state index contributed by atoms with van der Waals surface area (Å²) in [6.07, 6.45) is 1.93. The lowest BCUT2D eigenvalue weighted by Crippen LogP contribution is -2.41. The minimum atomic E-state index is -4.58. The van der Waals surface area contributed by atoms with Gasteiger partial charge in [0, 0.05) is 0 Å². The molecule has 0 heterocycles. The van der Waals surface area contributed by atoms with Gasteiger partial charge >= 0.3 is 12.1 Å². The SMILES string of the molecule is CC(O)(CCCCCCOC(=O)C1CC2CCC1C2)C(F)(F)F. The van der Waals surface area contributed by atoms with E-state index in [0.29, 0.717) is 44.1 Å². The number of hydrogen-bond donors (Lipinski definition) is 1. The van der Waals surface area contributed by atoms with Crippen LogP contribution >= 0.6 is 0 Å². The Morgan fingerprint density at radius 1 is 1.13 bits per heavy atom. The molecule has 4 unspecified atom stereocenters. The van der Waals surface area contributed by atoms with E-state index in [9.17, 15) is 23.1 Å². The maximum absolute atomic E-state index is 12.5. The van der Waals surface area contributed by atoms with Crippen LogP contribution in [-0.2, 0) is 9.53 Å². The molecule has 134 valence electrons. The molecule has 23 heavy (non-hydrogen) atoms. The monoisotopic (exact) mass is 336 g/mol. The molecule has 2 rings (SSSR count). The number of carbonyl (C=O) groups excluding carboxylic acids is 1. The van der Waals surface area contributed by atoms with Gasteiger partial charge in [-0.25, -0.2) is 0 Å². The Balaban J connectivity index is 1.51. The molecule has 6 heteroatoms. The van der Waals surface area contributed by atoms with Crippen molar-refractivity contribution in [2.45, 2.75) is 76.5 Å². The molecule has 4 atom stereocenters. The first-order chi connectivity index (χ1) is 10.7. The molecule has 0 amide bonds. The number of fused-ring (bicyclic) bond motifs is 2. The highest BCUT2D eigenvalue weighted by Crippen LogP contribution is 2.48. The van der Waals surface area contributed by atoms with Gasteiger partial charge in [-0.3, -0.25) is 4.79 Å². The Bertz CT molecular complexity index is 406. The molecule has 2 saturated carbocycles. The lowest BCUT2D eigenvalue weighted by atomic mass is 9.89. The van der Waals surface area contributed by atoms with Gasteiger partial charge in [0.25, 0.3) is 0 Å². The molecule has 0 saturated heterocycles. The van der Waals surface area contributed by atoms with Crippen LogP contribution in [0.3, 0.4) is 0 Å². The van der Waals surface area contributed by atoms with Crippen molar-refractivity contribution in [2.24, 2.45) is 17.8 Å². The number of unbranched alkanes of at least 4 members (excludes halogenated alkanes) is 3. The van der Waals surface area contributed by atoms with E-state index in [-0.39, 0.29) is 18.3 Å². The van der Waals surface area contributed by atoms with Gasteiger partial charge in [0.2, 0.25) is 0 Å². The van der Waals surface area contributed by atoms with Crippen molar-refractivity contribution in [2.75, 3.05) is 6.61 Å². The number of hydrogen-bond acceptors (Lipinski definition) is 3. The van der Waals surface area contributed by atoms with E-state index in [1.165, 1.54) is 12.8 Å². The van der Waals surface area contributed by atoms with Crippen molar-refractivity contribution in [1.82, 2.24) is 0 Å². The zero-order valence-electron chi connectivity index (χ0n) is 13.7. The maximum Gasteiger partial charge on any atom is 0.416 e. The molecular formula is C17H27F3O3. The van der Waals surface area contributed by atoms with E-state index in [1.807, 2.05) is 0 Å². The molecule has 2 aliphatic carbocycles. The highest BCUT2D eigenvalue weighted by atomic mass is 19.4. The van der Waals surface area contributed by atoms with Crippen LogP contribution in [0.4, 0.5) is 13.2 Å². The fourth-order valence-corrected chi connectivity index (χ4v) is 3.88. The van der Waals surface area contributed by atoms with Gasteiger partial charge in [-0.2, -0.15) is 13.2 Å². The first kappa shape index (κ1) is 18.6. The summed E-state index contributed by atoms with van der Waals surface area (Å²) in [5.41, 5.74) is -2.61. The number of halogens is 3. The molecule has 2 bridgehead atoms. The first-order valence-corrected chi connectivity index (χ1v) is 8.66. The number of carbonyl (C=O) groups is 1. The van der Waals surface area contributed by atoms with Crippen molar-refractivity contribution in [3.8, 4) is 0 Å². The minimum Gasteiger partial charge on any atom is -0.465 e. The van der Waals surface area contributed by atoms with Crippen molar-refractivity contribution >= 4 is 5.97 Å². The maximum atomic E-state index is 12.5. The van der Waals surface area contributed by atoms with Gasteiger partial charge < -0.3 is 9.84 Å². The topological polar surface area (TPSA) is 46.5 Å². The molecule has 2 aliphatic rings. The third-order valence-corrected chi connectivity index (χ3v) is 5.45. The third-order valence-electron chi connectivity index (χ3n) is 5.45.